The highest BCUT2D eigenvalue weighted by atomic mass is 16.6. The lowest BCUT2D eigenvalue weighted by Gasteiger charge is -2.36. The van der Waals surface area contributed by atoms with Gasteiger partial charge in [0, 0.05) is 18.8 Å². The lowest BCUT2D eigenvalue weighted by atomic mass is 9.85. The molecule has 3 amide bonds. The molecule has 3 aliphatic rings. The molecule has 8 nitrogen and oxygen atoms in total. The summed E-state index contributed by atoms with van der Waals surface area (Å²) >= 11 is 0. The molecule has 2 aromatic rings. The van der Waals surface area contributed by atoms with Gasteiger partial charge in [-0.1, -0.05) is 42.5 Å². The van der Waals surface area contributed by atoms with Crippen molar-refractivity contribution in [3.8, 4) is 0 Å². The van der Waals surface area contributed by atoms with E-state index in [0.29, 0.717) is 32.1 Å². The second-order valence-corrected chi connectivity index (χ2v) is 12.1. The molecule has 0 bridgehead atoms. The predicted molar refractivity (Wildman–Crippen MR) is 143 cm³/mol. The van der Waals surface area contributed by atoms with Crippen LogP contribution in [0.1, 0.15) is 57.6 Å². The molecule has 0 aromatic heterocycles. The number of ether oxygens (including phenoxy) is 2. The van der Waals surface area contributed by atoms with E-state index in [1.807, 2.05) is 70.2 Å². The molecule has 1 N–H and O–H groups in total. The summed E-state index contributed by atoms with van der Waals surface area (Å²) in [5, 5.41) is 3.04. The number of rotatable bonds is 5. The number of carbonyl (C=O) groups is 3. The van der Waals surface area contributed by atoms with Gasteiger partial charge >= 0.3 is 12.2 Å². The maximum Gasteiger partial charge on any atom is 0.517 e. The topological polar surface area (TPSA) is 84.9 Å². The highest BCUT2D eigenvalue weighted by Gasteiger charge is 2.86. The van der Waals surface area contributed by atoms with E-state index in [1.54, 1.807) is 4.90 Å². The Kier molecular flexibility index (Phi) is 6.71. The fourth-order valence-corrected chi connectivity index (χ4v) is 5.93. The van der Waals surface area contributed by atoms with Crippen LogP contribution in [0.15, 0.2) is 54.6 Å². The molecule has 3 atom stereocenters. The lowest BCUT2D eigenvalue weighted by Crippen LogP contribution is -2.61. The maximum absolute atomic E-state index is 13.0. The van der Waals surface area contributed by atoms with Crippen molar-refractivity contribution in [2.24, 2.45) is 5.92 Å². The number of hydrogen-bond acceptors (Lipinski definition) is 5. The van der Waals surface area contributed by atoms with Gasteiger partial charge in [0.2, 0.25) is 5.91 Å². The third-order valence-corrected chi connectivity index (χ3v) is 8.38. The molecule has 3 heterocycles. The van der Waals surface area contributed by atoms with Crippen LogP contribution in [0.25, 0.3) is 0 Å². The van der Waals surface area contributed by atoms with E-state index in [2.05, 4.69) is 17.4 Å². The Hall–Kier alpha value is -3.39. The molecule has 3 unspecified atom stereocenters. The smallest absolute Gasteiger partial charge is 0.444 e. The Morgan fingerprint density at radius 1 is 1.03 bits per heavy atom. The van der Waals surface area contributed by atoms with E-state index < -0.39 is 5.60 Å². The number of likely N-dealkylation sites (tertiary alicyclic amines) is 1. The quantitative estimate of drug-likeness (QED) is 0.428. The monoisotopic (exact) mass is 520 g/mol. The zero-order valence-corrected chi connectivity index (χ0v) is 22.7. The van der Waals surface area contributed by atoms with Crippen molar-refractivity contribution in [1.82, 2.24) is 4.90 Å². The number of fused-ring (bicyclic) bond motifs is 1. The highest BCUT2D eigenvalue weighted by molar-refractivity contribution is 5.95. The van der Waals surface area contributed by atoms with E-state index in [9.17, 15) is 14.4 Å². The first-order chi connectivity index (χ1) is 18.0. The molecule has 0 spiro atoms. The second kappa shape index (κ2) is 9.73. The number of nitrogens with zero attached hydrogens (tertiary/aromatic N) is 2. The first-order valence-corrected chi connectivity index (χ1v) is 13.5. The number of carbonyl (C=O) groups excluding carboxylic acids is 3. The van der Waals surface area contributed by atoms with Crippen LogP contribution < -0.4 is 5.32 Å². The van der Waals surface area contributed by atoms with Crippen LogP contribution >= 0.6 is 0 Å². The van der Waals surface area contributed by atoms with Gasteiger partial charge in [0.05, 0.1) is 0 Å². The molecule has 202 valence electrons. The van der Waals surface area contributed by atoms with Crippen LogP contribution in [-0.4, -0.2) is 64.8 Å². The lowest BCUT2D eigenvalue weighted by molar-refractivity contribution is -0.801. The SMILES string of the molecule is CC(C)(C)OC(=O)N1CCC(c2ccc(NC(=O)C3C[N+]4(C(=O)OCc5ccccc5)CC34C)cc2)CC1. The number of nitrogens with one attached hydrogen (secondary N) is 1. The summed E-state index contributed by atoms with van der Waals surface area (Å²) in [7, 11) is 0. The molecule has 2 aromatic carbocycles. The maximum atomic E-state index is 13.0. The molecule has 5 rings (SSSR count). The molecule has 3 saturated heterocycles. The van der Waals surface area contributed by atoms with Crippen molar-refractivity contribution in [2.45, 2.75) is 64.2 Å². The van der Waals surface area contributed by atoms with Gasteiger partial charge in [-0.3, -0.25) is 4.79 Å². The Labute approximate surface area is 224 Å². The van der Waals surface area contributed by atoms with E-state index in [1.165, 1.54) is 5.56 Å². The number of quaternary nitrogens is 1. The van der Waals surface area contributed by atoms with Gasteiger partial charge in [0.1, 0.15) is 31.2 Å². The number of hydrogen-bond donors (Lipinski definition) is 1. The van der Waals surface area contributed by atoms with Crippen LogP contribution in [0.3, 0.4) is 0 Å². The summed E-state index contributed by atoms with van der Waals surface area (Å²) in [6.07, 6.45) is 1.27. The van der Waals surface area contributed by atoms with Crippen LogP contribution in [-0.2, 0) is 20.9 Å². The van der Waals surface area contributed by atoms with Gasteiger partial charge in [-0.15, -0.1) is 0 Å². The van der Waals surface area contributed by atoms with Crippen LogP contribution in [0, 0.1) is 5.92 Å². The molecule has 8 heteroatoms. The number of piperidine rings is 1. The fraction of sp³-hybridized carbons (Fsp3) is 0.500. The zero-order chi connectivity index (χ0) is 27.1. The van der Waals surface area contributed by atoms with Gasteiger partial charge in [-0.05, 0) is 69.7 Å². The van der Waals surface area contributed by atoms with Crippen molar-refractivity contribution in [2.75, 3.05) is 31.5 Å². The third-order valence-electron chi connectivity index (χ3n) is 8.38. The fourth-order valence-electron chi connectivity index (χ4n) is 5.93. The number of anilines is 1. The first kappa shape index (κ1) is 26.2. The van der Waals surface area contributed by atoms with Crippen LogP contribution in [0.5, 0.6) is 0 Å². The Morgan fingerprint density at radius 3 is 2.29 bits per heavy atom. The summed E-state index contributed by atoms with van der Waals surface area (Å²) in [4.78, 5) is 39.9. The molecule has 0 radical (unpaired) electrons. The van der Waals surface area contributed by atoms with Gasteiger partial charge < -0.3 is 19.7 Å². The minimum atomic E-state index is -0.489. The van der Waals surface area contributed by atoms with Gasteiger partial charge in [0.15, 0.2) is 5.54 Å². The summed E-state index contributed by atoms with van der Waals surface area (Å²) < 4.78 is 11.3. The molecule has 38 heavy (non-hydrogen) atoms. The second-order valence-electron chi connectivity index (χ2n) is 12.1. The molecule has 3 aliphatic heterocycles. The minimum Gasteiger partial charge on any atom is -0.444 e. The van der Waals surface area contributed by atoms with Crippen LogP contribution in [0.4, 0.5) is 15.3 Å². The molecular weight excluding hydrogens is 482 g/mol. The highest BCUT2D eigenvalue weighted by Crippen LogP contribution is 2.59. The summed E-state index contributed by atoms with van der Waals surface area (Å²) in [5.41, 5.74) is 2.04. The van der Waals surface area contributed by atoms with E-state index in [0.717, 1.165) is 24.1 Å². The predicted octanol–water partition coefficient (Wildman–Crippen LogP) is 5.30. The molecule has 0 aliphatic carbocycles. The van der Waals surface area contributed by atoms with Gasteiger partial charge in [0.25, 0.3) is 0 Å². The molecule has 3 fully saturated rings. The summed E-state index contributed by atoms with van der Waals surface area (Å²) in [6, 6.07) is 17.6. The van der Waals surface area contributed by atoms with Gasteiger partial charge in [-0.2, -0.15) is 4.79 Å². The van der Waals surface area contributed by atoms with Crippen LogP contribution in [0.2, 0.25) is 0 Å². The van der Waals surface area contributed by atoms with Gasteiger partial charge in [-0.25, -0.2) is 9.28 Å². The van der Waals surface area contributed by atoms with E-state index in [-0.39, 0.29) is 40.6 Å². The average molecular weight is 521 g/mol. The summed E-state index contributed by atoms with van der Waals surface area (Å²) in [5.74, 6) is 0.104. The van der Waals surface area contributed by atoms with Crippen molar-refractivity contribution in [3.63, 3.8) is 0 Å². The third kappa shape index (κ3) is 5.01. The Bertz CT molecular complexity index is 1200. The minimum absolute atomic E-state index is 0.0481. The van der Waals surface area contributed by atoms with E-state index in [4.69, 9.17) is 9.47 Å². The van der Waals surface area contributed by atoms with Crippen molar-refractivity contribution in [1.29, 1.82) is 0 Å². The van der Waals surface area contributed by atoms with Crippen molar-refractivity contribution < 1.29 is 28.3 Å². The van der Waals surface area contributed by atoms with E-state index >= 15 is 0 Å². The zero-order valence-electron chi connectivity index (χ0n) is 22.7. The van der Waals surface area contributed by atoms with Crippen molar-refractivity contribution in [3.05, 3.63) is 65.7 Å². The Morgan fingerprint density at radius 2 is 1.68 bits per heavy atom. The first-order valence-electron chi connectivity index (χ1n) is 13.5. The standard InChI is InChI=1S/C30H37N3O5/c1-29(2,3)38-27(35)32-16-14-23(15-17-32)22-10-12-24(13-11-22)31-26(34)25-18-33(20-30(25,33)4)28(36)37-19-21-8-6-5-7-9-21/h5-13,23,25H,14-20H2,1-4H3/p+1. The summed E-state index contributed by atoms with van der Waals surface area (Å²) in [6.45, 7) is 10.3. The molecule has 0 saturated carbocycles. The molecular formula is C30H38N3O5+. The number of benzene rings is 2. The Balaban J connectivity index is 1.09. The average Bonchev–Trinajstić information content (AvgIpc) is 3.37. The number of amides is 3. The van der Waals surface area contributed by atoms with Crippen molar-refractivity contribution >= 4 is 23.8 Å². The normalized spacial score (nSPS) is 26.5. The largest absolute Gasteiger partial charge is 0.517 e.